The fourth-order valence-electron chi connectivity index (χ4n) is 6.92. The zero-order chi connectivity index (χ0) is 20.7. The Kier molecular flexibility index (Phi) is 5.16. The van der Waals surface area contributed by atoms with E-state index in [2.05, 4.69) is 5.32 Å². The topological polar surface area (TPSA) is 72.5 Å². The maximum absolute atomic E-state index is 12.4. The number of benzene rings is 1. The van der Waals surface area contributed by atoms with Crippen molar-refractivity contribution in [1.82, 2.24) is 5.32 Å². The average Bonchev–Trinajstić information content (AvgIpc) is 3.17. The molecule has 0 aliphatic heterocycles. The Labute approximate surface area is 177 Å². The third-order valence-electron chi connectivity index (χ3n) is 7.78. The second-order valence-electron chi connectivity index (χ2n) is 10.2. The van der Waals surface area contributed by atoms with Gasteiger partial charge in [0.25, 0.3) is 5.91 Å². The second kappa shape index (κ2) is 7.82. The standard InChI is InChI=1S/C25H31NO4/c27-22(21-5-4-19-2-1-3-20(19)11-21)6-7-24(29)30-15-23(28)26-25-12-16-8-17(13-25)10-18(9-16)14-25/h4-5,11,16-18H,1-3,6-10,12-15H2,(H,26,28). The Hall–Kier alpha value is -2.17. The van der Waals surface area contributed by atoms with Crippen LogP contribution in [-0.4, -0.2) is 29.8 Å². The lowest BCUT2D eigenvalue weighted by Gasteiger charge is -2.56. The first-order valence-electron chi connectivity index (χ1n) is 11.6. The van der Waals surface area contributed by atoms with E-state index in [0.717, 1.165) is 56.3 Å². The number of ketones is 1. The number of hydrogen-bond donors (Lipinski definition) is 1. The number of carbonyl (C=O) groups excluding carboxylic acids is 3. The minimum absolute atomic E-state index is 0.0144. The highest BCUT2D eigenvalue weighted by atomic mass is 16.5. The van der Waals surface area contributed by atoms with E-state index in [1.54, 1.807) is 0 Å². The molecule has 4 bridgehead atoms. The fraction of sp³-hybridized carbons (Fsp3) is 0.640. The van der Waals surface area contributed by atoms with Crippen LogP contribution in [-0.2, 0) is 27.2 Å². The largest absolute Gasteiger partial charge is 0.456 e. The number of fused-ring (bicyclic) bond motifs is 1. The Morgan fingerprint density at radius 1 is 0.933 bits per heavy atom. The summed E-state index contributed by atoms with van der Waals surface area (Å²) >= 11 is 0. The Balaban J connectivity index is 1.07. The number of Topliss-reactive ketones (excluding diaryl/α,β-unsaturated/α-hetero) is 1. The molecule has 5 nitrogen and oxygen atoms in total. The summed E-state index contributed by atoms with van der Waals surface area (Å²) in [4.78, 5) is 36.9. The van der Waals surface area contributed by atoms with Crippen molar-refractivity contribution in [2.24, 2.45) is 17.8 Å². The lowest BCUT2D eigenvalue weighted by atomic mass is 9.53. The molecule has 5 aliphatic carbocycles. The van der Waals surface area contributed by atoms with E-state index in [4.69, 9.17) is 4.74 Å². The van der Waals surface area contributed by atoms with Crippen molar-refractivity contribution in [3.63, 3.8) is 0 Å². The molecule has 6 rings (SSSR count). The summed E-state index contributed by atoms with van der Waals surface area (Å²) in [5.74, 6) is 1.54. The molecule has 1 N–H and O–H groups in total. The molecule has 1 aromatic carbocycles. The number of hydrogen-bond acceptors (Lipinski definition) is 4. The van der Waals surface area contributed by atoms with Crippen molar-refractivity contribution < 1.29 is 19.1 Å². The molecule has 4 fully saturated rings. The molecule has 160 valence electrons. The van der Waals surface area contributed by atoms with Crippen molar-refractivity contribution in [1.29, 1.82) is 0 Å². The summed E-state index contributed by atoms with van der Waals surface area (Å²) in [5.41, 5.74) is 3.19. The quantitative estimate of drug-likeness (QED) is 0.550. The van der Waals surface area contributed by atoms with Gasteiger partial charge in [-0.3, -0.25) is 14.4 Å². The van der Waals surface area contributed by atoms with E-state index in [0.29, 0.717) is 5.56 Å². The van der Waals surface area contributed by atoms with Crippen LogP contribution in [0.1, 0.15) is 79.3 Å². The van der Waals surface area contributed by atoms with Gasteiger partial charge in [-0.05, 0) is 92.7 Å². The van der Waals surface area contributed by atoms with Gasteiger partial charge < -0.3 is 10.1 Å². The SMILES string of the molecule is O=C(COC(=O)CCC(=O)c1ccc2c(c1)CCC2)NC12CC3CC(CC(C3)C1)C2. The van der Waals surface area contributed by atoms with E-state index >= 15 is 0 Å². The lowest BCUT2D eigenvalue weighted by Crippen LogP contribution is -2.60. The molecule has 1 amide bonds. The van der Waals surface area contributed by atoms with Crippen LogP contribution in [0.25, 0.3) is 0 Å². The van der Waals surface area contributed by atoms with E-state index < -0.39 is 5.97 Å². The predicted molar refractivity (Wildman–Crippen MR) is 112 cm³/mol. The number of ether oxygens (including phenoxy) is 1. The monoisotopic (exact) mass is 409 g/mol. The van der Waals surface area contributed by atoms with Gasteiger partial charge in [-0.1, -0.05) is 12.1 Å². The first-order valence-corrected chi connectivity index (χ1v) is 11.6. The van der Waals surface area contributed by atoms with E-state index in [9.17, 15) is 14.4 Å². The summed E-state index contributed by atoms with van der Waals surface area (Å²) in [6.07, 6.45) is 10.6. The smallest absolute Gasteiger partial charge is 0.306 e. The third kappa shape index (κ3) is 4.03. The van der Waals surface area contributed by atoms with Crippen LogP contribution in [0.15, 0.2) is 18.2 Å². The number of amides is 1. The third-order valence-corrected chi connectivity index (χ3v) is 7.78. The molecule has 0 radical (unpaired) electrons. The van der Waals surface area contributed by atoms with Gasteiger partial charge in [0.15, 0.2) is 12.4 Å². The molecular formula is C25H31NO4. The highest BCUT2D eigenvalue weighted by molar-refractivity contribution is 5.98. The Morgan fingerprint density at radius 3 is 2.30 bits per heavy atom. The van der Waals surface area contributed by atoms with Crippen LogP contribution in [0.3, 0.4) is 0 Å². The van der Waals surface area contributed by atoms with Gasteiger partial charge in [-0.15, -0.1) is 0 Å². The van der Waals surface area contributed by atoms with Crippen molar-refractivity contribution in [3.05, 3.63) is 34.9 Å². The van der Waals surface area contributed by atoms with E-state index in [-0.39, 0.29) is 36.7 Å². The zero-order valence-corrected chi connectivity index (χ0v) is 17.6. The lowest BCUT2D eigenvalue weighted by molar-refractivity contribution is -0.150. The minimum Gasteiger partial charge on any atom is -0.456 e. The number of esters is 1. The normalized spacial score (nSPS) is 30.7. The van der Waals surface area contributed by atoms with Gasteiger partial charge in [0.1, 0.15) is 0 Å². The van der Waals surface area contributed by atoms with Crippen molar-refractivity contribution in [2.75, 3.05) is 6.61 Å². The van der Waals surface area contributed by atoms with Gasteiger partial charge in [0.2, 0.25) is 0 Å². The average molecular weight is 410 g/mol. The van der Waals surface area contributed by atoms with E-state index in [1.165, 1.54) is 30.4 Å². The summed E-state index contributed by atoms with van der Waals surface area (Å²) in [6.45, 7) is -0.242. The minimum atomic E-state index is -0.481. The first kappa shape index (κ1) is 19.8. The Morgan fingerprint density at radius 2 is 1.60 bits per heavy atom. The molecular weight excluding hydrogens is 378 g/mol. The maximum atomic E-state index is 12.4. The van der Waals surface area contributed by atoms with Crippen LogP contribution < -0.4 is 5.32 Å². The molecule has 5 heteroatoms. The van der Waals surface area contributed by atoms with Crippen LogP contribution in [0.5, 0.6) is 0 Å². The number of rotatable bonds is 7. The first-order chi connectivity index (χ1) is 14.5. The van der Waals surface area contributed by atoms with Gasteiger partial charge in [-0.2, -0.15) is 0 Å². The number of carbonyl (C=O) groups is 3. The van der Waals surface area contributed by atoms with Crippen LogP contribution in [0.4, 0.5) is 0 Å². The molecule has 4 saturated carbocycles. The highest BCUT2D eigenvalue weighted by Crippen LogP contribution is 2.55. The van der Waals surface area contributed by atoms with Gasteiger partial charge in [0.05, 0.1) is 6.42 Å². The van der Waals surface area contributed by atoms with Crippen molar-refractivity contribution in [3.8, 4) is 0 Å². The molecule has 1 aromatic rings. The fourth-order valence-corrected chi connectivity index (χ4v) is 6.92. The van der Waals surface area contributed by atoms with Crippen molar-refractivity contribution >= 4 is 17.7 Å². The summed E-state index contributed by atoms with van der Waals surface area (Å²) in [5, 5.41) is 3.21. The predicted octanol–water partition coefficient (Wildman–Crippen LogP) is 3.77. The molecule has 30 heavy (non-hydrogen) atoms. The molecule has 0 aromatic heterocycles. The second-order valence-corrected chi connectivity index (χ2v) is 10.2. The van der Waals surface area contributed by atoms with Gasteiger partial charge in [-0.25, -0.2) is 0 Å². The molecule has 0 atom stereocenters. The summed E-state index contributed by atoms with van der Waals surface area (Å²) in [7, 11) is 0. The molecule has 5 aliphatic rings. The molecule has 0 spiro atoms. The molecule has 0 heterocycles. The molecule has 0 saturated heterocycles. The zero-order valence-electron chi connectivity index (χ0n) is 17.6. The van der Waals surface area contributed by atoms with Gasteiger partial charge in [0, 0.05) is 17.5 Å². The van der Waals surface area contributed by atoms with Crippen LogP contribution >= 0.6 is 0 Å². The Bertz CT molecular complexity index is 839. The van der Waals surface area contributed by atoms with Gasteiger partial charge >= 0.3 is 5.97 Å². The summed E-state index contributed by atoms with van der Waals surface area (Å²) in [6, 6.07) is 5.86. The molecule has 0 unspecified atom stereocenters. The maximum Gasteiger partial charge on any atom is 0.306 e. The summed E-state index contributed by atoms with van der Waals surface area (Å²) < 4.78 is 5.17. The van der Waals surface area contributed by atoms with Crippen LogP contribution in [0, 0.1) is 17.8 Å². The number of nitrogens with one attached hydrogen (secondary N) is 1. The highest BCUT2D eigenvalue weighted by Gasteiger charge is 2.51. The number of aryl methyl sites for hydroxylation is 2. The van der Waals surface area contributed by atoms with Crippen molar-refractivity contribution in [2.45, 2.75) is 76.2 Å². The van der Waals surface area contributed by atoms with Crippen LogP contribution in [0.2, 0.25) is 0 Å². The van der Waals surface area contributed by atoms with E-state index in [1.807, 2.05) is 18.2 Å².